The molecule has 0 unspecified atom stereocenters. The summed E-state index contributed by atoms with van der Waals surface area (Å²) in [7, 11) is 1.28. The molecule has 5 nitrogen and oxygen atoms in total. The highest BCUT2D eigenvalue weighted by Gasteiger charge is 2.16. The number of phenolic OH excluding ortho intramolecular Hbond substituents is 3. The Bertz CT molecular complexity index is 704. The summed E-state index contributed by atoms with van der Waals surface area (Å²) in [5.41, 5.74) is 0.662. The number of ketones is 1. The van der Waals surface area contributed by atoms with Crippen molar-refractivity contribution in [3.05, 3.63) is 53.6 Å². The number of methoxy groups -OCH3 is 1. The zero-order valence-corrected chi connectivity index (χ0v) is 11.3. The molecule has 0 bridgehead atoms. The van der Waals surface area contributed by atoms with Gasteiger partial charge in [-0.05, 0) is 35.9 Å². The zero-order chi connectivity index (χ0) is 15.4. The Morgan fingerprint density at radius 3 is 2.57 bits per heavy atom. The zero-order valence-electron chi connectivity index (χ0n) is 11.3. The van der Waals surface area contributed by atoms with Gasteiger partial charge < -0.3 is 20.1 Å². The number of hydrogen-bond acceptors (Lipinski definition) is 5. The number of carbonyl (C=O) groups excluding carboxylic acids is 1. The number of hydrogen-bond donors (Lipinski definition) is 3. The summed E-state index contributed by atoms with van der Waals surface area (Å²) in [5.74, 6) is -1.16. The largest absolute Gasteiger partial charge is 0.508 e. The average molecular weight is 286 g/mol. The molecule has 0 saturated carbocycles. The maximum atomic E-state index is 12.1. The van der Waals surface area contributed by atoms with Crippen LogP contribution in [0.25, 0.3) is 6.08 Å². The molecule has 0 fully saturated rings. The van der Waals surface area contributed by atoms with E-state index in [9.17, 15) is 20.1 Å². The van der Waals surface area contributed by atoms with Crippen LogP contribution in [0.5, 0.6) is 23.0 Å². The van der Waals surface area contributed by atoms with Crippen LogP contribution in [0.1, 0.15) is 15.9 Å². The SMILES string of the molecule is COc1c(O)ccc(C(=O)C=Cc2cccc(O)c2)c1O. The molecule has 2 rings (SSSR count). The molecule has 2 aromatic rings. The van der Waals surface area contributed by atoms with Crippen LogP contribution in [-0.2, 0) is 0 Å². The highest BCUT2D eigenvalue weighted by Crippen LogP contribution is 2.38. The molecule has 5 heteroatoms. The molecular weight excluding hydrogens is 272 g/mol. The van der Waals surface area contributed by atoms with Crippen LogP contribution in [0.15, 0.2) is 42.5 Å². The van der Waals surface area contributed by atoms with Gasteiger partial charge in [0.15, 0.2) is 17.3 Å². The van der Waals surface area contributed by atoms with Gasteiger partial charge in [-0.15, -0.1) is 0 Å². The standard InChI is InChI=1S/C16H14O5/c1-21-16-14(19)8-6-12(15(16)20)13(18)7-5-10-3-2-4-11(17)9-10/h2-9,17,19-20H,1H3. The lowest BCUT2D eigenvalue weighted by molar-refractivity contribution is 0.104. The molecule has 0 saturated heterocycles. The van der Waals surface area contributed by atoms with Crippen molar-refractivity contribution in [3.63, 3.8) is 0 Å². The second kappa shape index (κ2) is 6.00. The van der Waals surface area contributed by atoms with Gasteiger partial charge >= 0.3 is 0 Å². The first kappa shape index (κ1) is 14.5. The van der Waals surface area contributed by atoms with E-state index in [4.69, 9.17) is 4.74 Å². The molecule has 0 aliphatic heterocycles. The third-order valence-corrected chi connectivity index (χ3v) is 2.88. The highest BCUT2D eigenvalue weighted by atomic mass is 16.5. The highest BCUT2D eigenvalue weighted by molar-refractivity contribution is 6.09. The summed E-state index contributed by atoms with van der Waals surface area (Å²) in [6.07, 6.45) is 2.78. The van der Waals surface area contributed by atoms with Crippen molar-refractivity contribution in [2.24, 2.45) is 0 Å². The minimum Gasteiger partial charge on any atom is -0.508 e. The number of rotatable bonds is 4. The molecule has 0 spiro atoms. The average Bonchev–Trinajstić information content (AvgIpc) is 2.45. The van der Waals surface area contributed by atoms with Gasteiger partial charge in [0.2, 0.25) is 5.75 Å². The predicted octanol–water partition coefficient (Wildman–Crippen LogP) is 2.71. The van der Waals surface area contributed by atoms with Crippen LogP contribution in [0.4, 0.5) is 0 Å². The van der Waals surface area contributed by atoms with Gasteiger partial charge in [-0.1, -0.05) is 18.2 Å². The van der Waals surface area contributed by atoms with Gasteiger partial charge in [0.1, 0.15) is 5.75 Å². The van der Waals surface area contributed by atoms with Crippen molar-refractivity contribution >= 4 is 11.9 Å². The molecule has 0 heterocycles. The smallest absolute Gasteiger partial charge is 0.203 e. The molecule has 0 amide bonds. The van der Waals surface area contributed by atoms with Gasteiger partial charge in [0.25, 0.3) is 0 Å². The summed E-state index contributed by atoms with van der Waals surface area (Å²) in [6, 6.07) is 8.98. The Hall–Kier alpha value is -2.95. The van der Waals surface area contributed by atoms with Crippen LogP contribution >= 0.6 is 0 Å². The first-order chi connectivity index (χ1) is 10.0. The Morgan fingerprint density at radius 1 is 1.14 bits per heavy atom. The maximum Gasteiger partial charge on any atom is 0.203 e. The number of allylic oxidation sites excluding steroid dienone is 1. The van der Waals surface area contributed by atoms with Crippen molar-refractivity contribution in [1.82, 2.24) is 0 Å². The minimum atomic E-state index is -0.450. The number of aromatic hydroxyl groups is 3. The third-order valence-electron chi connectivity index (χ3n) is 2.88. The molecule has 0 aromatic heterocycles. The molecule has 108 valence electrons. The second-order valence-corrected chi connectivity index (χ2v) is 4.31. The Balaban J connectivity index is 2.29. The predicted molar refractivity (Wildman–Crippen MR) is 77.8 cm³/mol. The summed E-state index contributed by atoms with van der Waals surface area (Å²) in [5, 5.41) is 28.7. The van der Waals surface area contributed by atoms with Gasteiger partial charge in [-0.25, -0.2) is 0 Å². The summed E-state index contributed by atoms with van der Waals surface area (Å²) in [6.45, 7) is 0. The van der Waals surface area contributed by atoms with Crippen LogP contribution in [0, 0.1) is 0 Å². The van der Waals surface area contributed by atoms with E-state index in [0.717, 1.165) is 0 Å². The molecule has 0 atom stereocenters. The number of phenols is 3. The Labute approximate surface area is 121 Å². The van der Waals surface area contributed by atoms with E-state index in [1.165, 1.54) is 43.5 Å². The number of carbonyl (C=O) groups is 1. The van der Waals surface area contributed by atoms with Gasteiger partial charge in [0.05, 0.1) is 12.7 Å². The number of ether oxygens (including phenoxy) is 1. The lowest BCUT2D eigenvalue weighted by atomic mass is 10.1. The minimum absolute atomic E-state index is 0.0149. The first-order valence-corrected chi connectivity index (χ1v) is 6.13. The van der Waals surface area contributed by atoms with Crippen LogP contribution < -0.4 is 4.74 Å². The van der Waals surface area contributed by atoms with Crippen molar-refractivity contribution < 1.29 is 24.9 Å². The van der Waals surface area contributed by atoms with E-state index in [0.29, 0.717) is 5.56 Å². The van der Waals surface area contributed by atoms with E-state index in [1.54, 1.807) is 12.1 Å². The number of benzene rings is 2. The van der Waals surface area contributed by atoms with Crippen molar-refractivity contribution in [2.45, 2.75) is 0 Å². The monoisotopic (exact) mass is 286 g/mol. The fourth-order valence-corrected chi connectivity index (χ4v) is 1.85. The molecule has 0 aliphatic rings. The summed E-state index contributed by atoms with van der Waals surface area (Å²) in [4.78, 5) is 12.1. The molecular formula is C16H14O5. The Kier molecular flexibility index (Phi) is 4.13. The molecule has 2 aromatic carbocycles. The topological polar surface area (TPSA) is 87.0 Å². The molecule has 0 aliphatic carbocycles. The quantitative estimate of drug-likeness (QED) is 0.594. The summed E-state index contributed by atoms with van der Waals surface area (Å²) >= 11 is 0. The fraction of sp³-hybridized carbons (Fsp3) is 0.0625. The van der Waals surface area contributed by atoms with E-state index >= 15 is 0 Å². The van der Waals surface area contributed by atoms with E-state index in [-0.39, 0.29) is 22.8 Å². The molecule has 0 radical (unpaired) electrons. The van der Waals surface area contributed by atoms with Crippen molar-refractivity contribution in [2.75, 3.05) is 7.11 Å². The normalized spacial score (nSPS) is 10.7. The van der Waals surface area contributed by atoms with Crippen molar-refractivity contribution in [1.29, 1.82) is 0 Å². The van der Waals surface area contributed by atoms with Gasteiger partial charge in [0, 0.05) is 0 Å². The third kappa shape index (κ3) is 3.14. The van der Waals surface area contributed by atoms with Gasteiger partial charge in [-0.2, -0.15) is 0 Å². The molecule has 21 heavy (non-hydrogen) atoms. The van der Waals surface area contributed by atoms with Crippen LogP contribution in [0.3, 0.4) is 0 Å². The Morgan fingerprint density at radius 2 is 1.90 bits per heavy atom. The fourth-order valence-electron chi connectivity index (χ4n) is 1.85. The van der Waals surface area contributed by atoms with Crippen LogP contribution in [-0.4, -0.2) is 28.2 Å². The maximum absolute atomic E-state index is 12.1. The lowest BCUT2D eigenvalue weighted by Crippen LogP contribution is -1.97. The second-order valence-electron chi connectivity index (χ2n) is 4.31. The molecule has 3 N–H and O–H groups in total. The first-order valence-electron chi connectivity index (χ1n) is 6.13. The lowest BCUT2D eigenvalue weighted by Gasteiger charge is -2.08. The van der Waals surface area contributed by atoms with E-state index in [1.807, 2.05) is 0 Å². The summed E-state index contributed by atoms with van der Waals surface area (Å²) < 4.78 is 4.84. The van der Waals surface area contributed by atoms with E-state index < -0.39 is 11.5 Å². The van der Waals surface area contributed by atoms with Crippen molar-refractivity contribution in [3.8, 4) is 23.0 Å². The van der Waals surface area contributed by atoms with E-state index in [2.05, 4.69) is 0 Å². The van der Waals surface area contributed by atoms with Gasteiger partial charge in [-0.3, -0.25) is 4.79 Å². The van der Waals surface area contributed by atoms with Crippen LogP contribution in [0.2, 0.25) is 0 Å².